The molecule has 1 saturated heterocycles. The summed E-state index contributed by atoms with van der Waals surface area (Å²) in [5.41, 5.74) is 4.23. The van der Waals surface area contributed by atoms with Gasteiger partial charge in [0.15, 0.2) is 21.2 Å². The number of nitrogens with two attached hydrogens (primary N) is 1. The molecule has 53 heavy (non-hydrogen) atoms. The lowest BCUT2D eigenvalue weighted by Crippen LogP contribution is -2.45. The van der Waals surface area contributed by atoms with Gasteiger partial charge in [0.1, 0.15) is 47.8 Å². The van der Waals surface area contributed by atoms with Gasteiger partial charge in [0.05, 0.1) is 13.7 Å². The number of aliphatic hydroxyl groups excluding tert-OH is 1. The van der Waals surface area contributed by atoms with Gasteiger partial charge in [0.25, 0.3) is 0 Å². The van der Waals surface area contributed by atoms with Gasteiger partial charge in [-0.05, 0) is 36.4 Å². The van der Waals surface area contributed by atoms with E-state index in [9.17, 15) is 28.4 Å². The minimum Gasteiger partial charge on any atom is -0.479 e. The van der Waals surface area contributed by atoms with E-state index in [2.05, 4.69) is 20.0 Å². The first-order valence-electron chi connectivity index (χ1n) is 16.2. The number of carbonyl (C=O) groups is 1. The maximum atomic E-state index is 14.8. The monoisotopic (exact) mass is 868 g/mol. The van der Waals surface area contributed by atoms with Gasteiger partial charge in [0.2, 0.25) is 11.8 Å². The predicted molar refractivity (Wildman–Crippen MR) is 196 cm³/mol. The van der Waals surface area contributed by atoms with Crippen LogP contribution >= 0.6 is 30.3 Å². The molecule has 0 radical (unpaired) electrons. The lowest BCUT2D eigenvalue weighted by Gasteiger charge is -2.28. The number of nitrogens with zero attached hydrogens (tertiary/aromatic N) is 4. The molecule has 6 rings (SSSR count). The van der Waals surface area contributed by atoms with Crippen LogP contribution in [-0.4, -0.2) is 73.3 Å². The van der Waals surface area contributed by atoms with Crippen molar-refractivity contribution < 1.29 is 51.6 Å². The maximum Gasteiger partial charge on any atom is 0.459 e. The molecule has 1 aliphatic rings. The van der Waals surface area contributed by atoms with E-state index in [1.165, 1.54) is 18.6 Å². The highest BCUT2D eigenvalue weighted by atomic mass is 127. The van der Waals surface area contributed by atoms with Gasteiger partial charge in [-0.3, -0.25) is 13.9 Å². The minimum absolute atomic E-state index is 0.0735. The Hall–Kier alpha value is -4.04. The molecule has 0 amide bonds. The van der Waals surface area contributed by atoms with Crippen LogP contribution in [-0.2, 0) is 30.0 Å². The molecule has 15 nitrogen and oxygen atoms in total. The number of nitrogens with one attached hydrogen (secondary N) is 1. The Labute approximate surface area is 315 Å². The van der Waals surface area contributed by atoms with E-state index >= 15 is 0 Å². The first-order valence-corrected chi connectivity index (χ1v) is 18.8. The summed E-state index contributed by atoms with van der Waals surface area (Å²) in [5.74, 6) is -3.10. The number of esters is 1. The van der Waals surface area contributed by atoms with E-state index < -0.39 is 74.6 Å². The summed E-state index contributed by atoms with van der Waals surface area (Å²) in [4.78, 5) is 26.1. The van der Waals surface area contributed by atoms with Crippen molar-refractivity contribution >= 4 is 64.2 Å². The van der Waals surface area contributed by atoms with Crippen LogP contribution in [0.25, 0.3) is 21.9 Å². The molecule has 5 aromatic rings. The Morgan fingerprint density at radius 2 is 1.89 bits per heavy atom. The second kappa shape index (κ2) is 15.4. The zero-order chi connectivity index (χ0) is 38.2. The molecule has 0 aliphatic carbocycles. The van der Waals surface area contributed by atoms with E-state index in [1.54, 1.807) is 38.1 Å². The van der Waals surface area contributed by atoms with Crippen molar-refractivity contribution in [1.82, 2.24) is 24.6 Å². The summed E-state index contributed by atoms with van der Waals surface area (Å²) in [7, 11) is -3.23. The van der Waals surface area contributed by atoms with Crippen LogP contribution in [0.5, 0.6) is 11.6 Å². The summed E-state index contributed by atoms with van der Waals surface area (Å²) in [5, 5.41) is 27.0. The van der Waals surface area contributed by atoms with E-state index in [-0.39, 0.29) is 34.3 Å². The fourth-order valence-corrected chi connectivity index (χ4v) is 8.24. The minimum atomic E-state index is -4.61. The van der Waals surface area contributed by atoms with Crippen molar-refractivity contribution in [2.24, 2.45) is 5.92 Å². The number of hydrogen-bond acceptors (Lipinski definition) is 13. The Bertz CT molecular complexity index is 2200. The molecule has 282 valence electrons. The molecule has 1 fully saturated rings. The zero-order valence-corrected chi connectivity index (χ0v) is 31.8. The fraction of sp³-hybridized carbons (Fsp3) is 0.353. The van der Waals surface area contributed by atoms with E-state index in [1.807, 2.05) is 40.8 Å². The number of aliphatic hydroxyl groups is 2. The largest absolute Gasteiger partial charge is 0.479 e. The van der Waals surface area contributed by atoms with Gasteiger partial charge >= 0.3 is 13.7 Å². The van der Waals surface area contributed by atoms with Crippen molar-refractivity contribution in [3.8, 4) is 11.6 Å². The topological polar surface area (TPSA) is 202 Å². The van der Waals surface area contributed by atoms with Crippen molar-refractivity contribution in [3.05, 3.63) is 81.7 Å². The number of fused-ring (bicyclic) bond motifs is 2. The highest BCUT2D eigenvalue weighted by Crippen LogP contribution is 2.49. The Morgan fingerprint density at radius 3 is 2.60 bits per heavy atom. The highest BCUT2D eigenvalue weighted by Gasteiger charge is 2.55. The average molecular weight is 869 g/mol. The lowest BCUT2D eigenvalue weighted by molar-refractivity contribution is -0.148. The van der Waals surface area contributed by atoms with Crippen molar-refractivity contribution in [2.45, 2.75) is 57.5 Å². The van der Waals surface area contributed by atoms with E-state index in [0.717, 1.165) is 17.5 Å². The predicted octanol–water partition coefficient (Wildman–Crippen LogP) is 5.02. The van der Waals surface area contributed by atoms with Crippen LogP contribution < -0.4 is 20.1 Å². The molecule has 5 N–H and O–H groups in total. The molecular weight excluding hydrogens is 832 g/mol. The fourth-order valence-electron chi connectivity index (χ4n) is 5.83. The Morgan fingerprint density at radius 1 is 1.15 bits per heavy atom. The van der Waals surface area contributed by atoms with Crippen LogP contribution in [0.4, 0.5) is 14.7 Å². The number of halogens is 3. The van der Waals surface area contributed by atoms with Gasteiger partial charge in [-0.25, -0.2) is 18.3 Å². The number of methoxy groups -OCH3 is 1. The molecule has 19 heteroatoms. The molecule has 0 saturated carbocycles. The molecule has 1 aliphatic heterocycles. The average Bonchev–Trinajstić information content (AvgIpc) is 3.55. The van der Waals surface area contributed by atoms with E-state index in [0.29, 0.717) is 15.3 Å². The second-order valence-corrected chi connectivity index (χ2v) is 15.4. The zero-order valence-electron chi connectivity index (χ0n) is 28.8. The third-order valence-corrected chi connectivity index (χ3v) is 10.9. The molecule has 2 aromatic heterocycles. The summed E-state index contributed by atoms with van der Waals surface area (Å²) in [6.07, 6.45) is -4.25. The highest BCUT2D eigenvalue weighted by molar-refractivity contribution is 14.1. The molecule has 2 unspecified atom stereocenters. The van der Waals surface area contributed by atoms with Gasteiger partial charge in [-0.2, -0.15) is 15.1 Å². The summed E-state index contributed by atoms with van der Waals surface area (Å²) < 4.78 is 73.0. The third-order valence-electron chi connectivity index (χ3n) is 8.64. The first kappa shape index (κ1) is 38.7. The quantitative estimate of drug-likeness (QED) is 0.0532. The third kappa shape index (κ3) is 7.94. The number of aromatic nitrogens is 4. The number of nitrogen functional groups attached to an aromatic ring is 1. The SMILES string of the molecule is COc1nc(N)nc2c1nc(I)n2[C@@H]1O[C@H](COP(=O)(NC(C(=O)OCc2ccc(F)cc2F)C(C)C)Oc2cccc3ccccc23)[C@@H](O)[C@@]1(C)O. The molecular formula is C34H36F2IN6O9P. The van der Waals surface area contributed by atoms with Crippen LogP contribution in [0, 0.1) is 21.4 Å². The normalized spacial score (nSPS) is 21.9. The van der Waals surface area contributed by atoms with Gasteiger partial charge in [-0.15, -0.1) is 0 Å². The van der Waals surface area contributed by atoms with E-state index in [4.69, 9.17) is 29.0 Å². The van der Waals surface area contributed by atoms with Crippen molar-refractivity contribution in [2.75, 3.05) is 19.5 Å². The summed E-state index contributed by atoms with van der Waals surface area (Å²) >= 11 is 1.90. The number of rotatable bonds is 13. The van der Waals surface area contributed by atoms with Crippen LogP contribution in [0.15, 0.2) is 60.7 Å². The first-order chi connectivity index (χ1) is 25.1. The summed E-state index contributed by atoms with van der Waals surface area (Å²) in [6, 6.07) is 13.7. The van der Waals surface area contributed by atoms with Crippen LogP contribution in [0.3, 0.4) is 0 Å². The van der Waals surface area contributed by atoms with Gasteiger partial charge in [0, 0.05) is 39.6 Å². The maximum absolute atomic E-state index is 14.8. The number of anilines is 1. The van der Waals surface area contributed by atoms with Crippen molar-refractivity contribution in [1.29, 1.82) is 0 Å². The number of ether oxygens (including phenoxy) is 3. The molecule has 3 heterocycles. The van der Waals surface area contributed by atoms with Gasteiger partial charge in [-0.1, -0.05) is 50.2 Å². The van der Waals surface area contributed by atoms with Crippen LogP contribution in [0.2, 0.25) is 0 Å². The standard InChI is InChI=1S/C34H36F2IN6O9P/c1-17(2)25(30(45)49-15-19-12-13-20(35)14-22(19)36)42-53(47,52-23-11-7-9-18-8-5-6-10-21(18)23)50-16-24-27(44)34(3,46)31(51-24)43-28-26(39-32(43)37)29(48-4)41-33(38)40-28/h5-14,17,24-25,27,31,44,46H,15-16H2,1-4H3,(H,42,47)(H2,38,40,41)/t24-,25?,27-,31-,34-,53?/m1/s1. The Balaban J connectivity index is 1.29. The number of imidazole rings is 1. The number of benzene rings is 3. The smallest absolute Gasteiger partial charge is 0.459 e. The summed E-state index contributed by atoms with van der Waals surface area (Å²) in [6.45, 7) is 3.48. The molecule has 6 atom stereocenters. The molecule has 0 bridgehead atoms. The van der Waals surface area contributed by atoms with Gasteiger partial charge < -0.3 is 34.7 Å². The second-order valence-electron chi connectivity index (χ2n) is 12.8. The van der Waals surface area contributed by atoms with Crippen molar-refractivity contribution in [3.63, 3.8) is 0 Å². The molecule has 3 aromatic carbocycles. The Kier molecular flexibility index (Phi) is 11.2. The number of hydrogen-bond donors (Lipinski definition) is 4. The molecule has 0 spiro atoms. The number of carbonyl (C=O) groups excluding carboxylic acids is 1. The lowest BCUT2D eigenvalue weighted by atomic mass is 9.96. The van der Waals surface area contributed by atoms with Crippen LogP contribution in [0.1, 0.15) is 32.6 Å².